The Morgan fingerprint density at radius 2 is 2.05 bits per heavy atom. The molecule has 0 saturated heterocycles. The van der Waals surface area contributed by atoms with Crippen LogP contribution in [0.2, 0.25) is 0 Å². The van der Waals surface area contributed by atoms with Crippen molar-refractivity contribution >= 4 is 5.91 Å². The highest BCUT2D eigenvalue weighted by atomic mass is 16.2. The molecule has 106 valence electrons. The largest absolute Gasteiger partial charge is 0.334 e. The standard InChI is InChI=1S/C17H17N3O/c21-17(12-3-4-13-9-18-10-15(13)8-12)20-7-5-16-14(11-20)2-1-6-19-16/h1-4,6,8,18H,5,7,9-11H2. The summed E-state index contributed by atoms with van der Waals surface area (Å²) < 4.78 is 0. The molecule has 4 heteroatoms. The topological polar surface area (TPSA) is 45.2 Å². The van der Waals surface area contributed by atoms with Crippen LogP contribution in [0.4, 0.5) is 0 Å². The third-order valence-corrected chi connectivity index (χ3v) is 4.34. The summed E-state index contributed by atoms with van der Waals surface area (Å²) in [5, 5.41) is 3.31. The van der Waals surface area contributed by atoms with Crippen molar-refractivity contribution in [3.05, 3.63) is 64.5 Å². The Morgan fingerprint density at radius 3 is 3.00 bits per heavy atom. The third-order valence-electron chi connectivity index (χ3n) is 4.34. The van der Waals surface area contributed by atoms with E-state index in [1.807, 2.05) is 29.3 Å². The maximum Gasteiger partial charge on any atom is 0.254 e. The van der Waals surface area contributed by atoms with Gasteiger partial charge in [-0.3, -0.25) is 9.78 Å². The van der Waals surface area contributed by atoms with Crippen LogP contribution >= 0.6 is 0 Å². The molecule has 4 nitrogen and oxygen atoms in total. The quantitative estimate of drug-likeness (QED) is 0.867. The molecular weight excluding hydrogens is 262 g/mol. The van der Waals surface area contributed by atoms with Gasteiger partial charge in [0.2, 0.25) is 0 Å². The zero-order valence-corrected chi connectivity index (χ0v) is 11.8. The lowest BCUT2D eigenvalue weighted by atomic mass is 10.0. The molecule has 0 unspecified atom stereocenters. The molecule has 2 aliphatic rings. The van der Waals surface area contributed by atoms with Crippen molar-refractivity contribution in [3.63, 3.8) is 0 Å². The van der Waals surface area contributed by atoms with E-state index in [0.717, 1.165) is 37.3 Å². The molecule has 0 radical (unpaired) electrons. The van der Waals surface area contributed by atoms with Crippen LogP contribution in [0.15, 0.2) is 36.5 Å². The fraction of sp³-hybridized carbons (Fsp3) is 0.294. The molecule has 1 amide bonds. The van der Waals surface area contributed by atoms with E-state index < -0.39 is 0 Å². The van der Waals surface area contributed by atoms with Crippen molar-refractivity contribution in [2.75, 3.05) is 6.54 Å². The SMILES string of the molecule is O=C(c1ccc2c(c1)CNC2)N1CCc2ncccc2C1. The van der Waals surface area contributed by atoms with Crippen molar-refractivity contribution < 1.29 is 4.79 Å². The molecule has 4 rings (SSSR count). The number of fused-ring (bicyclic) bond motifs is 2. The lowest BCUT2D eigenvalue weighted by Gasteiger charge is -2.28. The van der Waals surface area contributed by atoms with Crippen LogP contribution in [0, 0.1) is 0 Å². The van der Waals surface area contributed by atoms with Gasteiger partial charge < -0.3 is 10.2 Å². The second kappa shape index (κ2) is 4.97. The molecule has 1 aromatic heterocycles. The lowest BCUT2D eigenvalue weighted by Crippen LogP contribution is -2.36. The zero-order valence-electron chi connectivity index (χ0n) is 11.8. The highest BCUT2D eigenvalue weighted by Crippen LogP contribution is 2.21. The van der Waals surface area contributed by atoms with E-state index in [-0.39, 0.29) is 5.91 Å². The van der Waals surface area contributed by atoms with Crippen LogP contribution in [-0.2, 0) is 26.1 Å². The fourth-order valence-corrected chi connectivity index (χ4v) is 3.15. The van der Waals surface area contributed by atoms with Crippen LogP contribution in [0.1, 0.15) is 32.7 Å². The smallest absolute Gasteiger partial charge is 0.254 e. The number of carbonyl (C=O) groups excluding carboxylic acids is 1. The second-order valence-corrected chi connectivity index (χ2v) is 5.67. The first-order chi connectivity index (χ1) is 10.3. The number of benzene rings is 1. The van der Waals surface area contributed by atoms with Crippen molar-refractivity contribution in [3.8, 4) is 0 Å². The Morgan fingerprint density at radius 1 is 1.14 bits per heavy atom. The number of pyridine rings is 1. The van der Waals surface area contributed by atoms with Crippen LogP contribution in [-0.4, -0.2) is 22.3 Å². The van der Waals surface area contributed by atoms with Crippen LogP contribution in [0.5, 0.6) is 0 Å². The average molecular weight is 279 g/mol. The Balaban J connectivity index is 1.59. The Labute approximate surface area is 123 Å². The van der Waals surface area contributed by atoms with E-state index in [4.69, 9.17) is 0 Å². The number of rotatable bonds is 1. The first kappa shape index (κ1) is 12.5. The van der Waals surface area contributed by atoms with Crippen LogP contribution < -0.4 is 5.32 Å². The summed E-state index contributed by atoms with van der Waals surface area (Å²) in [7, 11) is 0. The minimum atomic E-state index is 0.124. The van der Waals surface area contributed by atoms with E-state index in [1.54, 1.807) is 0 Å². The van der Waals surface area contributed by atoms with Gasteiger partial charge in [-0.15, -0.1) is 0 Å². The summed E-state index contributed by atoms with van der Waals surface area (Å²) in [6.45, 7) is 3.19. The lowest BCUT2D eigenvalue weighted by molar-refractivity contribution is 0.0733. The van der Waals surface area contributed by atoms with E-state index in [2.05, 4.69) is 22.4 Å². The van der Waals surface area contributed by atoms with E-state index >= 15 is 0 Å². The maximum atomic E-state index is 12.7. The molecule has 21 heavy (non-hydrogen) atoms. The van der Waals surface area contributed by atoms with Gasteiger partial charge in [0.15, 0.2) is 0 Å². The maximum absolute atomic E-state index is 12.7. The molecule has 0 aliphatic carbocycles. The minimum Gasteiger partial charge on any atom is -0.334 e. The van der Waals surface area contributed by atoms with Gasteiger partial charge in [0.1, 0.15) is 0 Å². The van der Waals surface area contributed by atoms with E-state index in [1.165, 1.54) is 16.7 Å². The molecule has 0 spiro atoms. The van der Waals surface area contributed by atoms with Crippen LogP contribution in [0.3, 0.4) is 0 Å². The second-order valence-electron chi connectivity index (χ2n) is 5.67. The fourth-order valence-electron chi connectivity index (χ4n) is 3.15. The van der Waals surface area contributed by atoms with Gasteiger partial charge in [0.05, 0.1) is 0 Å². The Kier molecular flexibility index (Phi) is 2.97. The molecule has 0 bridgehead atoms. The summed E-state index contributed by atoms with van der Waals surface area (Å²) in [4.78, 5) is 19.0. The van der Waals surface area contributed by atoms with Crippen molar-refractivity contribution in [1.29, 1.82) is 0 Å². The number of hydrogen-bond donors (Lipinski definition) is 1. The third kappa shape index (κ3) is 2.21. The monoisotopic (exact) mass is 279 g/mol. The van der Waals surface area contributed by atoms with E-state index in [0.29, 0.717) is 6.54 Å². The van der Waals surface area contributed by atoms with Gasteiger partial charge in [-0.2, -0.15) is 0 Å². The molecule has 0 saturated carbocycles. The number of aromatic nitrogens is 1. The highest BCUT2D eigenvalue weighted by Gasteiger charge is 2.23. The van der Waals surface area contributed by atoms with Gasteiger partial charge in [-0.25, -0.2) is 0 Å². The molecule has 0 fully saturated rings. The number of hydrogen-bond acceptors (Lipinski definition) is 3. The average Bonchev–Trinajstić information content (AvgIpc) is 3.01. The molecule has 1 N–H and O–H groups in total. The molecule has 2 aromatic rings. The van der Waals surface area contributed by atoms with Gasteiger partial charge in [0, 0.05) is 50.1 Å². The van der Waals surface area contributed by atoms with Crippen LogP contribution in [0.25, 0.3) is 0 Å². The van der Waals surface area contributed by atoms with Gasteiger partial charge >= 0.3 is 0 Å². The number of amides is 1. The summed E-state index contributed by atoms with van der Waals surface area (Å²) in [5.41, 5.74) is 5.64. The van der Waals surface area contributed by atoms with Crippen molar-refractivity contribution in [1.82, 2.24) is 15.2 Å². The predicted molar refractivity (Wildman–Crippen MR) is 79.7 cm³/mol. The van der Waals surface area contributed by atoms with Crippen molar-refractivity contribution in [2.45, 2.75) is 26.1 Å². The zero-order chi connectivity index (χ0) is 14.2. The predicted octanol–water partition coefficient (Wildman–Crippen LogP) is 1.88. The summed E-state index contributed by atoms with van der Waals surface area (Å²) in [6, 6.07) is 10.1. The first-order valence-corrected chi connectivity index (χ1v) is 7.36. The molecule has 3 heterocycles. The number of nitrogens with one attached hydrogen (secondary N) is 1. The van der Waals surface area contributed by atoms with Gasteiger partial charge in [-0.05, 0) is 34.9 Å². The number of nitrogens with zero attached hydrogens (tertiary/aromatic N) is 2. The Hall–Kier alpha value is -2.20. The molecule has 1 aromatic carbocycles. The number of carbonyl (C=O) groups is 1. The summed E-state index contributed by atoms with van der Waals surface area (Å²) >= 11 is 0. The van der Waals surface area contributed by atoms with Gasteiger partial charge in [-0.1, -0.05) is 12.1 Å². The summed E-state index contributed by atoms with van der Waals surface area (Å²) in [5.74, 6) is 0.124. The minimum absolute atomic E-state index is 0.124. The molecule has 0 atom stereocenters. The van der Waals surface area contributed by atoms with E-state index in [9.17, 15) is 4.79 Å². The molecule has 2 aliphatic heterocycles. The van der Waals surface area contributed by atoms with Crippen molar-refractivity contribution in [2.24, 2.45) is 0 Å². The summed E-state index contributed by atoms with van der Waals surface area (Å²) in [6.07, 6.45) is 2.66. The first-order valence-electron chi connectivity index (χ1n) is 7.36. The van der Waals surface area contributed by atoms with Gasteiger partial charge in [0.25, 0.3) is 5.91 Å². The Bertz CT molecular complexity index is 711. The normalized spacial score (nSPS) is 16.5. The highest BCUT2D eigenvalue weighted by molar-refractivity contribution is 5.94. The molecular formula is C17H17N3O.